The Bertz CT molecular complexity index is 973. The summed E-state index contributed by atoms with van der Waals surface area (Å²) in [4.78, 5) is 16.9. The van der Waals surface area contributed by atoms with E-state index in [1.807, 2.05) is 12.1 Å². The van der Waals surface area contributed by atoms with Gasteiger partial charge in [0.25, 0.3) is 5.91 Å². The lowest BCUT2D eigenvalue weighted by molar-refractivity contribution is 0.102. The summed E-state index contributed by atoms with van der Waals surface area (Å²) < 4.78 is 10.5. The van der Waals surface area contributed by atoms with E-state index in [-0.39, 0.29) is 5.91 Å². The minimum absolute atomic E-state index is 0.228. The summed E-state index contributed by atoms with van der Waals surface area (Å²) in [6.07, 6.45) is 1.61. The number of nitrogens with zero attached hydrogens (tertiary/aromatic N) is 1. The molecule has 0 aliphatic carbocycles. The Morgan fingerprint density at radius 1 is 1.00 bits per heavy atom. The van der Waals surface area contributed by atoms with Crippen LogP contribution in [0.4, 0.5) is 11.5 Å². The summed E-state index contributed by atoms with van der Waals surface area (Å²) in [5.41, 5.74) is 3.52. The van der Waals surface area contributed by atoms with Gasteiger partial charge < -0.3 is 20.1 Å². The number of nitrogens with one attached hydrogen (secondary N) is 2. The summed E-state index contributed by atoms with van der Waals surface area (Å²) in [5, 5.41) is 6.13. The van der Waals surface area contributed by atoms with E-state index in [1.165, 1.54) is 11.1 Å². The third-order valence-electron chi connectivity index (χ3n) is 4.38. The largest absolute Gasteiger partial charge is 0.493 e. The SMILES string of the molecule is COc1ccc(NC(=O)c2ccnc(NCc3ccccc3C)c2)cc1OC. The summed E-state index contributed by atoms with van der Waals surface area (Å²) >= 11 is 0. The molecule has 1 aromatic heterocycles. The van der Waals surface area contributed by atoms with Crippen molar-refractivity contribution in [2.24, 2.45) is 0 Å². The van der Waals surface area contributed by atoms with E-state index >= 15 is 0 Å². The number of aryl methyl sites for hydroxylation is 1. The molecule has 6 heteroatoms. The van der Waals surface area contributed by atoms with Crippen molar-refractivity contribution >= 4 is 17.4 Å². The highest BCUT2D eigenvalue weighted by Crippen LogP contribution is 2.30. The van der Waals surface area contributed by atoms with E-state index < -0.39 is 0 Å². The maximum atomic E-state index is 12.6. The van der Waals surface area contributed by atoms with E-state index in [0.717, 1.165) is 0 Å². The molecular weight excluding hydrogens is 354 g/mol. The van der Waals surface area contributed by atoms with Crippen molar-refractivity contribution in [3.63, 3.8) is 0 Å². The maximum absolute atomic E-state index is 12.6. The van der Waals surface area contributed by atoms with Crippen LogP contribution in [0.2, 0.25) is 0 Å². The number of pyridine rings is 1. The number of hydrogen-bond acceptors (Lipinski definition) is 5. The lowest BCUT2D eigenvalue weighted by atomic mass is 10.1. The predicted molar refractivity (Wildman–Crippen MR) is 110 cm³/mol. The number of ether oxygens (including phenoxy) is 2. The van der Waals surface area contributed by atoms with Crippen molar-refractivity contribution in [2.75, 3.05) is 24.9 Å². The number of rotatable bonds is 7. The zero-order valence-corrected chi connectivity index (χ0v) is 16.2. The van der Waals surface area contributed by atoms with Gasteiger partial charge in [-0.05, 0) is 42.3 Å². The van der Waals surface area contributed by atoms with Crippen LogP contribution in [0, 0.1) is 6.92 Å². The molecule has 3 rings (SSSR count). The number of carbonyl (C=O) groups excluding carboxylic acids is 1. The molecule has 2 N–H and O–H groups in total. The monoisotopic (exact) mass is 377 g/mol. The number of benzene rings is 2. The van der Waals surface area contributed by atoms with Gasteiger partial charge in [0, 0.05) is 30.1 Å². The van der Waals surface area contributed by atoms with Crippen molar-refractivity contribution in [3.8, 4) is 11.5 Å². The zero-order valence-electron chi connectivity index (χ0n) is 16.2. The molecule has 0 fully saturated rings. The Morgan fingerprint density at radius 2 is 1.79 bits per heavy atom. The first kappa shape index (κ1) is 19.2. The minimum atomic E-state index is -0.228. The van der Waals surface area contributed by atoms with E-state index in [2.05, 4.69) is 34.7 Å². The zero-order chi connectivity index (χ0) is 19.9. The number of amides is 1. The van der Waals surface area contributed by atoms with Gasteiger partial charge >= 0.3 is 0 Å². The normalized spacial score (nSPS) is 10.2. The van der Waals surface area contributed by atoms with Crippen molar-refractivity contribution in [1.82, 2.24) is 4.98 Å². The van der Waals surface area contributed by atoms with Crippen LogP contribution in [-0.4, -0.2) is 25.1 Å². The molecule has 1 amide bonds. The van der Waals surface area contributed by atoms with Crippen LogP contribution in [0.5, 0.6) is 11.5 Å². The molecule has 0 aliphatic rings. The van der Waals surface area contributed by atoms with Gasteiger partial charge in [-0.15, -0.1) is 0 Å². The van der Waals surface area contributed by atoms with Crippen LogP contribution in [0.1, 0.15) is 21.5 Å². The highest BCUT2D eigenvalue weighted by atomic mass is 16.5. The van der Waals surface area contributed by atoms with E-state index in [1.54, 1.807) is 50.7 Å². The molecule has 28 heavy (non-hydrogen) atoms. The van der Waals surface area contributed by atoms with Gasteiger partial charge in [0.15, 0.2) is 11.5 Å². The van der Waals surface area contributed by atoms with Gasteiger partial charge in [-0.1, -0.05) is 24.3 Å². The fraction of sp³-hybridized carbons (Fsp3) is 0.182. The molecule has 0 unspecified atom stereocenters. The van der Waals surface area contributed by atoms with Crippen LogP contribution in [0.3, 0.4) is 0 Å². The third kappa shape index (κ3) is 4.59. The molecule has 0 aliphatic heterocycles. The quantitative estimate of drug-likeness (QED) is 0.643. The first-order chi connectivity index (χ1) is 13.6. The number of carbonyl (C=O) groups is 1. The standard InChI is InChI=1S/C22H23N3O3/c1-15-6-4-5-7-17(15)14-24-21-12-16(10-11-23-21)22(26)25-18-8-9-19(27-2)20(13-18)28-3/h4-13H,14H2,1-3H3,(H,23,24)(H,25,26). The van der Waals surface area contributed by atoms with Crippen molar-refractivity contribution in [3.05, 3.63) is 77.5 Å². The van der Waals surface area contributed by atoms with Gasteiger partial charge in [0.05, 0.1) is 14.2 Å². The Kier molecular flexibility index (Phi) is 6.11. The van der Waals surface area contributed by atoms with Gasteiger partial charge in [0.1, 0.15) is 5.82 Å². The molecule has 0 bridgehead atoms. The summed E-state index contributed by atoms with van der Waals surface area (Å²) in [6, 6.07) is 16.8. The fourth-order valence-corrected chi connectivity index (χ4v) is 2.78. The first-order valence-corrected chi connectivity index (χ1v) is 8.88. The van der Waals surface area contributed by atoms with Crippen LogP contribution in [-0.2, 0) is 6.54 Å². The Hall–Kier alpha value is -3.54. The number of hydrogen-bond donors (Lipinski definition) is 2. The lowest BCUT2D eigenvalue weighted by Gasteiger charge is -2.11. The van der Waals surface area contributed by atoms with E-state index in [0.29, 0.717) is 35.1 Å². The van der Waals surface area contributed by atoms with Crippen molar-refractivity contribution < 1.29 is 14.3 Å². The van der Waals surface area contributed by atoms with Gasteiger partial charge in [-0.25, -0.2) is 4.98 Å². The van der Waals surface area contributed by atoms with E-state index in [9.17, 15) is 4.79 Å². The topological polar surface area (TPSA) is 72.5 Å². The molecule has 0 saturated carbocycles. The molecule has 0 spiro atoms. The maximum Gasteiger partial charge on any atom is 0.255 e. The Balaban J connectivity index is 1.69. The second kappa shape index (κ2) is 8.90. The van der Waals surface area contributed by atoms with Crippen LogP contribution in [0.15, 0.2) is 60.8 Å². The van der Waals surface area contributed by atoms with Crippen molar-refractivity contribution in [1.29, 1.82) is 0 Å². The van der Waals surface area contributed by atoms with Crippen LogP contribution in [0.25, 0.3) is 0 Å². The Labute approximate surface area is 164 Å². The van der Waals surface area contributed by atoms with Gasteiger partial charge in [0.2, 0.25) is 0 Å². The Morgan fingerprint density at radius 3 is 2.54 bits per heavy atom. The average molecular weight is 377 g/mol. The van der Waals surface area contributed by atoms with Crippen LogP contribution < -0.4 is 20.1 Å². The van der Waals surface area contributed by atoms with E-state index in [4.69, 9.17) is 9.47 Å². The number of anilines is 2. The second-order valence-electron chi connectivity index (χ2n) is 6.23. The molecule has 6 nitrogen and oxygen atoms in total. The molecule has 3 aromatic rings. The summed E-state index contributed by atoms with van der Waals surface area (Å²) in [6.45, 7) is 2.71. The minimum Gasteiger partial charge on any atom is -0.493 e. The first-order valence-electron chi connectivity index (χ1n) is 8.88. The molecule has 0 saturated heterocycles. The summed E-state index contributed by atoms with van der Waals surface area (Å²) in [7, 11) is 3.12. The molecule has 0 atom stereocenters. The molecule has 2 aromatic carbocycles. The van der Waals surface area contributed by atoms with Crippen LogP contribution >= 0.6 is 0 Å². The predicted octanol–water partition coefficient (Wildman–Crippen LogP) is 4.27. The number of aromatic nitrogens is 1. The molecule has 1 heterocycles. The average Bonchev–Trinajstić information content (AvgIpc) is 2.73. The highest BCUT2D eigenvalue weighted by Gasteiger charge is 2.10. The van der Waals surface area contributed by atoms with Crippen molar-refractivity contribution in [2.45, 2.75) is 13.5 Å². The third-order valence-corrected chi connectivity index (χ3v) is 4.38. The number of methoxy groups -OCH3 is 2. The van der Waals surface area contributed by atoms with Gasteiger partial charge in [-0.2, -0.15) is 0 Å². The highest BCUT2D eigenvalue weighted by molar-refractivity contribution is 6.04. The summed E-state index contributed by atoms with van der Waals surface area (Å²) in [5.74, 6) is 1.57. The fourth-order valence-electron chi connectivity index (χ4n) is 2.78. The molecule has 144 valence electrons. The molecular formula is C22H23N3O3. The van der Waals surface area contributed by atoms with Gasteiger partial charge in [-0.3, -0.25) is 4.79 Å². The second-order valence-corrected chi connectivity index (χ2v) is 6.23. The smallest absolute Gasteiger partial charge is 0.255 e. The molecule has 0 radical (unpaired) electrons. The lowest BCUT2D eigenvalue weighted by Crippen LogP contribution is -2.13.